The summed E-state index contributed by atoms with van der Waals surface area (Å²) < 4.78 is 23.6. The molecule has 1 rings (SSSR count). The van der Waals surface area contributed by atoms with Crippen molar-refractivity contribution < 1.29 is 18.3 Å². The molecular weight excluding hydrogens is 244 g/mol. The van der Waals surface area contributed by atoms with E-state index in [-0.39, 0.29) is 10.6 Å². The highest BCUT2D eigenvalue weighted by atomic mass is 32.2. The quantitative estimate of drug-likeness (QED) is 0.658. The number of aliphatic hydroxyl groups excluding tert-OH is 1. The third kappa shape index (κ3) is 3.43. The van der Waals surface area contributed by atoms with Crippen LogP contribution in [-0.4, -0.2) is 31.8 Å². The number of carbonyl (C=O) groups is 1. The summed E-state index contributed by atoms with van der Waals surface area (Å²) in [7, 11) is -3.62. The molecule has 0 radical (unpaired) electrons. The highest BCUT2D eigenvalue weighted by Gasteiger charge is 2.18. The Kier molecular flexibility index (Phi) is 4.08. The molecule has 7 heteroatoms. The minimum absolute atomic E-state index is 0.0454. The summed E-state index contributed by atoms with van der Waals surface area (Å²) in [5, 5.41) is 11.1. The van der Waals surface area contributed by atoms with E-state index in [1.807, 2.05) is 0 Å². The lowest BCUT2D eigenvalue weighted by Gasteiger charge is -2.10. The minimum atomic E-state index is -3.62. The van der Waals surface area contributed by atoms with Crippen LogP contribution in [0, 0.1) is 0 Å². The Hall–Kier alpha value is -1.60. The van der Waals surface area contributed by atoms with Gasteiger partial charge in [0.15, 0.2) is 9.84 Å². The van der Waals surface area contributed by atoms with Crippen LogP contribution in [0.15, 0.2) is 23.1 Å². The van der Waals surface area contributed by atoms with Gasteiger partial charge in [-0.3, -0.25) is 4.79 Å². The van der Waals surface area contributed by atoms with Crippen LogP contribution in [0.1, 0.15) is 6.92 Å². The molecule has 94 valence electrons. The number of hydrogen-bond donors (Lipinski definition) is 3. The average molecular weight is 258 g/mol. The number of aliphatic hydroxyl groups is 1. The van der Waals surface area contributed by atoms with E-state index in [4.69, 9.17) is 10.8 Å². The number of hydrogen-bond acceptors (Lipinski definition) is 5. The van der Waals surface area contributed by atoms with E-state index >= 15 is 0 Å². The van der Waals surface area contributed by atoms with Gasteiger partial charge in [0.2, 0.25) is 5.91 Å². The maximum Gasteiger partial charge on any atom is 0.221 e. The first-order valence-corrected chi connectivity index (χ1v) is 6.53. The lowest BCUT2D eigenvalue weighted by Crippen LogP contribution is -2.15. The van der Waals surface area contributed by atoms with Crippen LogP contribution in [0.25, 0.3) is 0 Å². The van der Waals surface area contributed by atoms with Crippen molar-refractivity contribution in [3.05, 3.63) is 18.2 Å². The van der Waals surface area contributed by atoms with Crippen LogP contribution in [0.5, 0.6) is 0 Å². The first-order valence-electron chi connectivity index (χ1n) is 4.87. The van der Waals surface area contributed by atoms with Crippen LogP contribution < -0.4 is 11.1 Å². The summed E-state index contributed by atoms with van der Waals surface area (Å²) >= 11 is 0. The second-order valence-electron chi connectivity index (χ2n) is 3.48. The van der Waals surface area contributed by atoms with Crippen LogP contribution in [0.2, 0.25) is 0 Å². The number of nitrogens with two attached hydrogens (primary N) is 1. The number of anilines is 2. The van der Waals surface area contributed by atoms with Crippen LogP contribution >= 0.6 is 0 Å². The maximum absolute atomic E-state index is 11.8. The molecule has 17 heavy (non-hydrogen) atoms. The Bertz CT molecular complexity index is 525. The molecule has 0 saturated carbocycles. The molecule has 0 heterocycles. The van der Waals surface area contributed by atoms with Crippen molar-refractivity contribution in [2.45, 2.75) is 11.8 Å². The zero-order valence-corrected chi connectivity index (χ0v) is 10.1. The first kappa shape index (κ1) is 13.5. The van der Waals surface area contributed by atoms with Gasteiger partial charge in [0.1, 0.15) is 0 Å². The third-order valence-corrected chi connectivity index (χ3v) is 3.76. The summed E-state index contributed by atoms with van der Waals surface area (Å²) in [6, 6.07) is 4.10. The van der Waals surface area contributed by atoms with Crippen molar-refractivity contribution in [2.24, 2.45) is 0 Å². The number of carbonyl (C=O) groups excluding carboxylic acids is 1. The summed E-state index contributed by atoms with van der Waals surface area (Å²) in [4.78, 5) is 10.9. The van der Waals surface area contributed by atoms with Crippen molar-refractivity contribution in [1.82, 2.24) is 0 Å². The Morgan fingerprint density at radius 2 is 2.12 bits per heavy atom. The van der Waals surface area contributed by atoms with Crippen molar-refractivity contribution >= 4 is 27.1 Å². The molecule has 0 bridgehead atoms. The van der Waals surface area contributed by atoms with Gasteiger partial charge >= 0.3 is 0 Å². The molecule has 0 aromatic heterocycles. The minimum Gasteiger partial charge on any atom is -0.399 e. The van der Waals surface area contributed by atoms with Gasteiger partial charge in [0, 0.05) is 12.6 Å². The monoisotopic (exact) mass is 258 g/mol. The zero-order valence-electron chi connectivity index (χ0n) is 9.30. The summed E-state index contributed by atoms with van der Waals surface area (Å²) in [5.74, 6) is -0.792. The van der Waals surface area contributed by atoms with Gasteiger partial charge in [-0.05, 0) is 18.2 Å². The van der Waals surface area contributed by atoms with E-state index in [0.717, 1.165) is 0 Å². The molecule has 0 atom stereocenters. The molecule has 0 spiro atoms. The van der Waals surface area contributed by atoms with Gasteiger partial charge in [-0.1, -0.05) is 0 Å². The molecule has 1 amide bonds. The predicted molar refractivity (Wildman–Crippen MR) is 64.3 cm³/mol. The van der Waals surface area contributed by atoms with Gasteiger partial charge in [-0.15, -0.1) is 0 Å². The fourth-order valence-corrected chi connectivity index (χ4v) is 2.52. The van der Waals surface area contributed by atoms with Crippen LogP contribution in [0.3, 0.4) is 0 Å². The van der Waals surface area contributed by atoms with E-state index in [1.165, 1.54) is 25.1 Å². The SMILES string of the molecule is CC(=O)Nc1cc(N)ccc1S(=O)(=O)CCO. The van der Waals surface area contributed by atoms with E-state index < -0.39 is 28.1 Å². The molecular formula is C10H14N2O4S. The molecule has 0 unspecified atom stereocenters. The Balaban J connectivity index is 3.28. The van der Waals surface area contributed by atoms with Crippen LogP contribution in [0.4, 0.5) is 11.4 Å². The summed E-state index contributed by atoms with van der Waals surface area (Å²) in [5.41, 5.74) is 6.00. The topological polar surface area (TPSA) is 109 Å². The standard InChI is InChI=1S/C10H14N2O4S/c1-7(14)12-9-6-8(11)2-3-10(9)17(15,16)5-4-13/h2-3,6,13H,4-5,11H2,1H3,(H,12,14). The Morgan fingerprint density at radius 1 is 1.47 bits per heavy atom. The Morgan fingerprint density at radius 3 is 2.65 bits per heavy atom. The molecule has 0 saturated heterocycles. The molecule has 1 aromatic carbocycles. The number of benzene rings is 1. The largest absolute Gasteiger partial charge is 0.399 e. The number of nitrogens with one attached hydrogen (secondary N) is 1. The summed E-state index contributed by atoms with van der Waals surface area (Å²) in [6.45, 7) is 0.790. The molecule has 0 aliphatic heterocycles. The number of nitrogen functional groups attached to an aromatic ring is 1. The number of rotatable bonds is 4. The van der Waals surface area contributed by atoms with Gasteiger partial charge in [0.05, 0.1) is 22.9 Å². The summed E-state index contributed by atoms with van der Waals surface area (Å²) in [6.07, 6.45) is 0. The smallest absolute Gasteiger partial charge is 0.221 e. The van der Waals surface area contributed by atoms with Gasteiger partial charge < -0.3 is 16.2 Å². The number of sulfone groups is 1. The van der Waals surface area contributed by atoms with Crippen LogP contribution in [-0.2, 0) is 14.6 Å². The molecule has 0 aliphatic rings. The highest BCUT2D eigenvalue weighted by Crippen LogP contribution is 2.24. The first-order chi connectivity index (χ1) is 7.86. The molecule has 0 fully saturated rings. The van der Waals surface area contributed by atoms with E-state index in [2.05, 4.69) is 5.32 Å². The Labute approximate surface area is 99.4 Å². The average Bonchev–Trinajstić information content (AvgIpc) is 2.15. The maximum atomic E-state index is 11.8. The van der Waals surface area contributed by atoms with E-state index in [0.29, 0.717) is 5.69 Å². The molecule has 6 nitrogen and oxygen atoms in total. The van der Waals surface area contributed by atoms with E-state index in [1.54, 1.807) is 0 Å². The lowest BCUT2D eigenvalue weighted by molar-refractivity contribution is -0.114. The van der Waals surface area contributed by atoms with Crippen molar-refractivity contribution in [3.8, 4) is 0 Å². The third-order valence-electron chi connectivity index (χ3n) is 2.01. The molecule has 4 N–H and O–H groups in total. The van der Waals surface area contributed by atoms with Gasteiger partial charge in [-0.2, -0.15) is 0 Å². The van der Waals surface area contributed by atoms with Gasteiger partial charge in [-0.25, -0.2) is 8.42 Å². The molecule has 1 aromatic rings. The zero-order chi connectivity index (χ0) is 13.1. The predicted octanol–water partition coefficient (Wildman–Crippen LogP) is -0.00680. The number of amides is 1. The lowest BCUT2D eigenvalue weighted by atomic mass is 10.3. The van der Waals surface area contributed by atoms with Crippen molar-refractivity contribution in [1.29, 1.82) is 0 Å². The second kappa shape index (κ2) is 5.15. The van der Waals surface area contributed by atoms with Crippen molar-refractivity contribution in [2.75, 3.05) is 23.4 Å². The van der Waals surface area contributed by atoms with Crippen molar-refractivity contribution in [3.63, 3.8) is 0 Å². The fourth-order valence-electron chi connectivity index (χ4n) is 1.34. The fraction of sp³-hybridized carbons (Fsp3) is 0.300. The van der Waals surface area contributed by atoms with E-state index in [9.17, 15) is 13.2 Å². The van der Waals surface area contributed by atoms with Gasteiger partial charge in [0.25, 0.3) is 0 Å². The highest BCUT2D eigenvalue weighted by molar-refractivity contribution is 7.91. The molecule has 0 aliphatic carbocycles. The second-order valence-corrected chi connectivity index (χ2v) is 5.56. The normalized spacial score (nSPS) is 11.2.